The Morgan fingerprint density at radius 3 is 2.62 bits per heavy atom. The Hall–Kier alpha value is -2.02. The highest BCUT2D eigenvalue weighted by atomic mass is 32.2. The number of carbonyl (C=O) groups excluding carboxylic acids is 1. The topological polar surface area (TPSA) is 63.1 Å². The Bertz CT molecular complexity index is 653. The van der Waals surface area contributed by atoms with Crippen molar-refractivity contribution < 1.29 is 4.79 Å². The van der Waals surface area contributed by atoms with E-state index in [9.17, 15) is 4.79 Å². The molecule has 1 N–H and O–H groups in total. The van der Waals surface area contributed by atoms with Gasteiger partial charge in [0, 0.05) is 33.4 Å². The van der Waals surface area contributed by atoms with Gasteiger partial charge in [-0.3, -0.25) is 4.79 Å². The summed E-state index contributed by atoms with van der Waals surface area (Å²) in [6.45, 7) is 2.56. The maximum Gasteiger partial charge on any atom is 0.233 e. The van der Waals surface area contributed by atoms with E-state index >= 15 is 0 Å². The summed E-state index contributed by atoms with van der Waals surface area (Å²) in [7, 11) is 5.93. The summed E-state index contributed by atoms with van der Waals surface area (Å²) < 4.78 is 1.81. The fourth-order valence-corrected chi connectivity index (χ4v) is 3.01. The molecule has 130 valence electrons. The number of hydrogen-bond acceptors (Lipinski definition) is 5. The largest absolute Gasteiger partial charge is 0.378 e. The molecule has 1 aromatic heterocycles. The van der Waals surface area contributed by atoms with Crippen molar-refractivity contribution in [3.8, 4) is 0 Å². The van der Waals surface area contributed by atoms with Crippen molar-refractivity contribution in [3.05, 3.63) is 36.2 Å². The van der Waals surface area contributed by atoms with E-state index in [0.29, 0.717) is 6.54 Å². The number of thioether (sulfide) groups is 1. The molecular weight excluding hydrogens is 322 g/mol. The average molecular weight is 347 g/mol. The summed E-state index contributed by atoms with van der Waals surface area (Å²) in [5, 5.41) is 11.4. The lowest BCUT2D eigenvalue weighted by Crippen LogP contribution is -2.32. The first-order valence-corrected chi connectivity index (χ1v) is 8.90. The van der Waals surface area contributed by atoms with Crippen LogP contribution in [0.2, 0.25) is 0 Å². The molecular formula is C17H25N5OS. The highest BCUT2D eigenvalue weighted by Crippen LogP contribution is 2.19. The van der Waals surface area contributed by atoms with Gasteiger partial charge in [-0.05, 0) is 37.5 Å². The van der Waals surface area contributed by atoms with Crippen LogP contribution in [0.4, 0.5) is 5.69 Å². The van der Waals surface area contributed by atoms with Gasteiger partial charge >= 0.3 is 0 Å². The number of nitrogens with zero attached hydrogens (tertiary/aromatic N) is 4. The second-order valence-corrected chi connectivity index (χ2v) is 7.25. The summed E-state index contributed by atoms with van der Waals surface area (Å²) in [6.07, 6.45) is 3.52. The third-order valence-corrected chi connectivity index (χ3v) is 4.86. The molecule has 6 nitrogen and oxygen atoms in total. The van der Waals surface area contributed by atoms with Gasteiger partial charge in [-0.15, -0.1) is 10.2 Å². The predicted molar refractivity (Wildman–Crippen MR) is 98.4 cm³/mol. The first-order chi connectivity index (χ1) is 11.5. The fraction of sp³-hybridized carbons (Fsp3) is 0.471. The monoisotopic (exact) mass is 347 g/mol. The Labute approximate surface area is 147 Å². The molecule has 0 bridgehead atoms. The number of nitrogens with one attached hydrogen (secondary N) is 1. The molecule has 1 unspecified atom stereocenters. The summed E-state index contributed by atoms with van der Waals surface area (Å²) in [6, 6.07) is 8.52. The second kappa shape index (κ2) is 8.73. The van der Waals surface area contributed by atoms with Gasteiger partial charge in [0.05, 0.1) is 5.25 Å². The van der Waals surface area contributed by atoms with Crippen LogP contribution in [0.25, 0.3) is 0 Å². The highest BCUT2D eigenvalue weighted by Gasteiger charge is 2.16. The second-order valence-electron chi connectivity index (χ2n) is 5.94. The maximum absolute atomic E-state index is 12.1. The first-order valence-electron chi connectivity index (χ1n) is 8.02. The minimum atomic E-state index is -0.188. The van der Waals surface area contributed by atoms with Crippen LogP contribution in [0.3, 0.4) is 0 Å². The molecule has 0 radical (unpaired) electrons. The van der Waals surface area contributed by atoms with Gasteiger partial charge < -0.3 is 14.8 Å². The minimum Gasteiger partial charge on any atom is -0.378 e. The third kappa shape index (κ3) is 5.26. The average Bonchev–Trinajstić information content (AvgIpc) is 2.96. The summed E-state index contributed by atoms with van der Waals surface area (Å²) >= 11 is 1.42. The van der Waals surface area contributed by atoms with Crippen molar-refractivity contribution in [3.63, 3.8) is 0 Å². The fourth-order valence-electron chi connectivity index (χ4n) is 2.20. The van der Waals surface area contributed by atoms with E-state index in [1.54, 1.807) is 6.33 Å². The SMILES string of the molecule is CC(Sc1nncn1C)C(=O)NCCCc1ccc(N(C)C)cc1. The molecule has 2 rings (SSSR count). The summed E-state index contributed by atoms with van der Waals surface area (Å²) in [4.78, 5) is 14.2. The highest BCUT2D eigenvalue weighted by molar-refractivity contribution is 8.00. The van der Waals surface area contributed by atoms with Crippen LogP contribution >= 0.6 is 11.8 Å². The van der Waals surface area contributed by atoms with E-state index in [1.807, 2.05) is 32.6 Å². The molecule has 2 aromatic rings. The number of carbonyl (C=O) groups is 1. The van der Waals surface area contributed by atoms with Crippen molar-refractivity contribution in [2.24, 2.45) is 7.05 Å². The quantitative estimate of drug-likeness (QED) is 0.585. The van der Waals surface area contributed by atoms with E-state index < -0.39 is 0 Å². The van der Waals surface area contributed by atoms with E-state index in [4.69, 9.17) is 0 Å². The van der Waals surface area contributed by atoms with Crippen molar-refractivity contribution >= 4 is 23.4 Å². The van der Waals surface area contributed by atoms with Crippen molar-refractivity contribution in [2.45, 2.75) is 30.2 Å². The van der Waals surface area contributed by atoms with Crippen LogP contribution in [-0.2, 0) is 18.3 Å². The van der Waals surface area contributed by atoms with Crippen LogP contribution in [0.5, 0.6) is 0 Å². The standard InChI is InChI=1S/C17H25N5OS/c1-13(24-17-20-19-12-22(17)4)16(23)18-11-5-6-14-7-9-15(10-8-14)21(2)3/h7-10,12-13H,5-6,11H2,1-4H3,(H,18,23). The van der Waals surface area contributed by atoms with Crippen molar-refractivity contribution in [1.82, 2.24) is 20.1 Å². The number of rotatable bonds is 8. The molecule has 1 amide bonds. The van der Waals surface area contributed by atoms with E-state index in [-0.39, 0.29) is 11.2 Å². The van der Waals surface area contributed by atoms with Gasteiger partial charge in [0.15, 0.2) is 5.16 Å². The molecule has 7 heteroatoms. The van der Waals surface area contributed by atoms with Gasteiger partial charge in [-0.1, -0.05) is 23.9 Å². The first kappa shape index (κ1) is 18.3. The van der Waals surface area contributed by atoms with E-state index in [1.165, 1.54) is 23.0 Å². The molecule has 0 spiro atoms. The molecule has 0 saturated heterocycles. The lowest BCUT2D eigenvalue weighted by atomic mass is 10.1. The summed E-state index contributed by atoms with van der Waals surface area (Å²) in [5.74, 6) is 0.0333. The van der Waals surface area contributed by atoms with E-state index in [2.05, 4.69) is 44.7 Å². The Kier molecular flexibility index (Phi) is 6.66. The third-order valence-electron chi connectivity index (χ3n) is 3.72. The van der Waals surface area contributed by atoms with Gasteiger partial charge in [-0.25, -0.2) is 0 Å². The summed E-state index contributed by atoms with van der Waals surface area (Å²) in [5.41, 5.74) is 2.48. The molecule has 0 aliphatic rings. The maximum atomic E-state index is 12.1. The number of amides is 1. The molecule has 0 aliphatic heterocycles. The minimum absolute atomic E-state index is 0.0333. The zero-order valence-electron chi connectivity index (χ0n) is 14.7. The number of aryl methyl sites for hydroxylation is 2. The number of benzene rings is 1. The van der Waals surface area contributed by atoms with Gasteiger partial charge in [0.2, 0.25) is 5.91 Å². The lowest BCUT2D eigenvalue weighted by Gasteiger charge is -2.13. The zero-order chi connectivity index (χ0) is 17.5. The predicted octanol–water partition coefficient (Wildman–Crippen LogP) is 2.11. The molecule has 1 atom stereocenters. The smallest absolute Gasteiger partial charge is 0.233 e. The van der Waals surface area contributed by atoms with Gasteiger partial charge in [0.25, 0.3) is 0 Å². The van der Waals surface area contributed by atoms with Crippen molar-refractivity contribution in [1.29, 1.82) is 0 Å². The zero-order valence-corrected chi connectivity index (χ0v) is 15.5. The Morgan fingerprint density at radius 1 is 1.33 bits per heavy atom. The van der Waals surface area contributed by atoms with Gasteiger partial charge in [0.1, 0.15) is 6.33 Å². The lowest BCUT2D eigenvalue weighted by molar-refractivity contribution is -0.120. The van der Waals surface area contributed by atoms with Crippen molar-refractivity contribution in [2.75, 3.05) is 25.5 Å². The van der Waals surface area contributed by atoms with E-state index in [0.717, 1.165) is 18.0 Å². The molecule has 0 aliphatic carbocycles. The van der Waals surface area contributed by atoms with Crippen LogP contribution in [-0.4, -0.2) is 46.6 Å². The molecule has 0 fully saturated rings. The molecule has 0 saturated carbocycles. The number of hydrogen-bond donors (Lipinski definition) is 1. The van der Waals surface area contributed by atoms with Gasteiger partial charge in [-0.2, -0.15) is 0 Å². The molecule has 24 heavy (non-hydrogen) atoms. The molecule has 1 aromatic carbocycles. The number of anilines is 1. The van der Waals surface area contributed by atoms with Crippen LogP contribution in [0.1, 0.15) is 18.9 Å². The van der Waals surface area contributed by atoms with Crippen LogP contribution < -0.4 is 10.2 Å². The number of aromatic nitrogens is 3. The Morgan fingerprint density at radius 2 is 2.04 bits per heavy atom. The normalized spacial score (nSPS) is 12.0. The van der Waals surface area contributed by atoms with Crippen LogP contribution in [0, 0.1) is 0 Å². The Balaban J connectivity index is 1.69. The molecule has 1 heterocycles. The van der Waals surface area contributed by atoms with Crippen LogP contribution in [0.15, 0.2) is 35.7 Å².